The number of nitrogens with one attached hydrogen (secondary N) is 1. The monoisotopic (exact) mass is 284 g/mol. The highest BCUT2D eigenvalue weighted by Crippen LogP contribution is 2.36. The molecule has 2 saturated heterocycles. The second-order valence-electron chi connectivity index (χ2n) is 5.36. The fraction of sp³-hybridized carbons (Fsp3) is 0.615. The summed E-state index contributed by atoms with van der Waals surface area (Å²) in [7, 11) is 0. The van der Waals surface area contributed by atoms with Gasteiger partial charge in [-0.1, -0.05) is 11.6 Å². The third-order valence-electron chi connectivity index (χ3n) is 4.06. The molecule has 98 valence electrons. The Balaban J connectivity index is 1.74. The van der Waals surface area contributed by atoms with Crippen LogP contribution in [0.5, 0.6) is 0 Å². The summed E-state index contributed by atoms with van der Waals surface area (Å²) in [6, 6.07) is 3.64. The summed E-state index contributed by atoms with van der Waals surface area (Å²) >= 11 is 7.28. The van der Waals surface area contributed by atoms with Crippen LogP contribution in [0.15, 0.2) is 12.1 Å². The molecule has 2 fully saturated rings. The molecule has 1 aromatic heterocycles. The van der Waals surface area contributed by atoms with Crippen LogP contribution in [0.3, 0.4) is 0 Å². The van der Waals surface area contributed by atoms with Gasteiger partial charge in [0.1, 0.15) is 0 Å². The Morgan fingerprint density at radius 1 is 1.44 bits per heavy atom. The fourth-order valence-electron chi connectivity index (χ4n) is 3.11. The molecule has 1 aromatic rings. The van der Waals surface area contributed by atoms with Gasteiger partial charge in [0.15, 0.2) is 0 Å². The number of rotatable bonds is 1. The lowest BCUT2D eigenvalue weighted by Crippen LogP contribution is -2.46. The zero-order valence-electron chi connectivity index (χ0n) is 10.2. The third-order valence-corrected chi connectivity index (χ3v) is 5.28. The quantitative estimate of drug-likeness (QED) is 0.860. The summed E-state index contributed by atoms with van der Waals surface area (Å²) in [5.41, 5.74) is 0.328. The normalized spacial score (nSPS) is 27.9. The first-order valence-corrected chi connectivity index (χ1v) is 7.63. The predicted molar refractivity (Wildman–Crippen MR) is 74.4 cm³/mol. The average Bonchev–Trinajstić information content (AvgIpc) is 2.98. The van der Waals surface area contributed by atoms with Crippen molar-refractivity contribution in [1.82, 2.24) is 10.2 Å². The molecule has 3 heterocycles. The average molecular weight is 285 g/mol. The minimum atomic E-state index is 0.151. The number of hydrogen-bond donors (Lipinski definition) is 1. The van der Waals surface area contributed by atoms with Gasteiger partial charge < -0.3 is 10.2 Å². The smallest absolute Gasteiger partial charge is 0.263 e. The topological polar surface area (TPSA) is 32.3 Å². The lowest BCUT2D eigenvalue weighted by atomic mass is 9.79. The maximum atomic E-state index is 12.4. The molecule has 1 unspecified atom stereocenters. The van der Waals surface area contributed by atoms with Crippen LogP contribution in [0.4, 0.5) is 0 Å². The third kappa shape index (κ3) is 2.29. The minimum absolute atomic E-state index is 0.151. The van der Waals surface area contributed by atoms with Crippen LogP contribution in [0.25, 0.3) is 0 Å². The number of hydrogen-bond acceptors (Lipinski definition) is 3. The Labute approximate surface area is 116 Å². The number of halogens is 1. The van der Waals surface area contributed by atoms with Gasteiger partial charge in [0, 0.05) is 25.0 Å². The van der Waals surface area contributed by atoms with E-state index in [1.807, 2.05) is 11.0 Å². The van der Waals surface area contributed by atoms with Crippen molar-refractivity contribution in [2.75, 3.05) is 26.2 Å². The zero-order valence-corrected chi connectivity index (χ0v) is 11.8. The van der Waals surface area contributed by atoms with E-state index < -0.39 is 0 Å². The van der Waals surface area contributed by atoms with Gasteiger partial charge >= 0.3 is 0 Å². The molecule has 1 amide bonds. The van der Waals surface area contributed by atoms with Crippen molar-refractivity contribution in [2.24, 2.45) is 5.41 Å². The first-order chi connectivity index (χ1) is 8.69. The first-order valence-electron chi connectivity index (χ1n) is 6.44. The van der Waals surface area contributed by atoms with Crippen LogP contribution in [0.2, 0.25) is 4.34 Å². The summed E-state index contributed by atoms with van der Waals surface area (Å²) < 4.78 is 0.688. The number of thiophene rings is 1. The van der Waals surface area contributed by atoms with E-state index >= 15 is 0 Å². The molecule has 1 atom stereocenters. The zero-order chi connectivity index (χ0) is 12.6. The number of carbonyl (C=O) groups is 1. The summed E-state index contributed by atoms with van der Waals surface area (Å²) in [6.45, 7) is 3.93. The van der Waals surface area contributed by atoms with E-state index in [-0.39, 0.29) is 5.91 Å². The predicted octanol–water partition coefficient (Wildman–Crippen LogP) is 2.62. The first kappa shape index (κ1) is 12.5. The van der Waals surface area contributed by atoms with Crippen molar-refractivity contribution in [3.8, 4) is 0 Å². The van der Waals surface area contributed by atoms with Crippen LogP contribution in [-0.4, -0.2) is 37.0 Å². The van der Waals surface area contributed by atoms with Gasteiger partial charge in [-0.15, -0.1) is 11.3 Å². The van der Waals surface area contributed by atoms with Crippen LogP contribution < -0.4 is 5.32 Å². The highest BCUT2D eigenvalue weighted by Gasteiger charge is 2.39. The van der Waals surface area contributed by atoms with Crippen LogP contribution in [0, 0.1) is 5.41 Å². The van der Waals surface area contributed by atoms with Crippen molar-refractivity contribution in [1.29, 1.82) is 0 Å². The minimum Gasteiger partial charge on any atom is -0.337 e. The van der Waals surface area contributed by atoms with Crippen molar-refractivity contribution < 1.29 is 4.79 Å². The molecule has 0 bridgehead atoms. The van der Waals surface area contributed by atoms with Crippen LogP contribution in [0.1, 0.15) is 28.9 Å². The highest BCUT2D eigenvalue weighted by molar-refractivity contribution is 7.17. The molecule has 0 saturated carbocycles. The molecule has 1 N–H and O–H groups in total. The van der Waals surface area contributed by atoms with Gasteiger partial charge in [-0.05, 0) is 37.9 Å². The molecule has 5 heteroatoms. The largest absolute Gasteiger partial charge is 0.337 e. The molecule has 0 aromatic carbocycles. The van der Waals surface area contributed by atoms with Gasteiger partial charge in [0.25, 0.3) is 5.91 Å². The van der Waals surface area contributed by atoms with E-state index in [1.165, 1.54) is 24.2 Å². The standard InChI is InChI=1S/C13H17ClN2OS/c14-11-3-2-10(18-11)12(17)16-7-1-4-13(9-16)5-6-15-8-13/h2-3,15H,1,4-9H2. The molecule has 3 rings (SSSR count). The Kier molecular flexibility index (Phi) is 3.34. The number of carbonyl (C=O) groups excluding carboxylic acids is 1. The van der Waals surface area contributed by atoms with E-state index in [2.05, 4.69) is 5.32 Å². The van der Waals surface area contributed by atoms with Crippen LogP contribution in [-0.2, 0) is 0 Å². The molecule has 1 spiro atoms. The molecule has 3 nitrogen and oxygen atoms in total. The lowest BCUT2D eigenvalue weighted by Gasteiger charge is -2.39. The Morgan fingerprint density at radius 3 is 3.00 bits per heavy atom. The molecular formula is C13H17ClN2OS. The highest BCUT2D eigenvalue weighted by atomic mass is 35.5. The van der Waals surface area contributed by atoms with E-state index in [1.54, 1.807) is 6.07 Å². The molecular weight excluding hydrogens is 268 g/mol. The molecule has 18 heavy (non-hydrogen) atoms. The lowest BCUT2D eigenvalue weighted by molar-refractivity contribution is 0.0558. The van der Waals surface area contributed by atoms with Gasteiger partial charge in [0.2, 0.25) is 0 Å². The summed E-state index contributed by atoms with van der Waals surface area (Å²) in [4.78, 5) is 15.2. The SMILES string of the molecule is O=C(c1ccc(Cl)s1)N1CCCC2(CCNC2)C1. The van der Waals surface area contributed by atoms with Gasteiger partial charge in [-0.25, -0.2) is 0 Å². The second-order valence-corrected chi connectivity index (χ2v) is 7.08. The van der Waals surface area contributed by atoms with Crippen molar-refractivity contribution in [2.45, 2.75) is 19.3 Å². The Bertz CT molecular complexity index is 454. The molecule has 2 aliphatic rings. The maximum absolute atomic E-state index is 12.4. The number of likely N-dealkylation sites (tertiary alicyclic amines) is 1. The molecule has 0 aliphatic carbocycles. The Hall–Kier alpha value is -0.580. The number of amides is 1. The van der Waals surface area contributed by atoms with Crippen molar-refractivity contribution in [3.63, 3.8) is 0 Å². The van der Waals surface area contributed by atoms with Gasteiger partial charge in [0.05, 0.1) is 9.21 Å². The van der Waals surface area contributed by atoms with E-state index in [4.69, 9.17) is 11.6 Å². The van der Waals surface area contributed by atoms with E-state index in [0.717, 1.165) is 37.5 Å². The number of piperidine rings is 1. The van der Waals surface area contributed by atoms with Crippen LogP contribution >= 0.6 is 22.9 Å². The molecule has 0 radical (unpaired) electrons. The second kappa shape index (κ2) is 4.83. The maximum Gasteiger partial charge on any atom is 0.263 e. The Morgan fingerprint density at radius 2 is 2.33 bits per heavy atom. The van der Waals surface area contributed by atoms with E-state index in [0.29, 0.717) is 9.75 Å². The fourth-order valence-corrected chi connectivity index (χ4v) is 4.12. The van der Waals surface area contributed by atoms with Crippen molar-refractivity contribution >= 4 is 28.8 Å². The summed E-state index contributed by atoms with van der Waals surface area (Å²) in [5.74, 6) is 0.151. The number of nitrogens with zero attached hydrogens (tertiary/aromatic N) is 1. The summed E-state index contributed by atoms with van der Waals surface area (Å²) in [6.07, 6.45) is 3.56. The van der Waals surface area contributed by atoms with Gasteiger partial charge in [-0.2, -0.15) is 0 Å². The summed E-state index contributed by atoms with van der Waals surface area (Å²) in [5, 5.41) is 3.43. The van der Waals surface area contributed by atoms with Gasteiger partial charge in [-0.3, -0.25) is 4.79 Å². The van der Waals surface area contributed by atoms with Crippen molar-refractivity contribution in [3.05, 3.63) is 21.3 Å². The van der Waals surface area contributed by atoms with E-state index in [9.17, 15) is 4.79 Å². The molecule has 2 aliphatic heterocycles.